The lowest BCUT2D eigenvalue weighted by molar-refractivity contribution is -0.117. The molecule has 1 fully saturated rings. The van der Waals surface area contributed by atoms with Crippen molar-refractivity contribution in [2.45, 2.75) is 6.42 Å². The maximum absolute atomic E-state index is 11.6. The molecule has 5 heteroatoms. The Balaban J connectivity index is 2.25. The van der Waals surface area contributed by atoms with Crippen molar-refractivity contribution < 1.29 is 4.79 Å². The summed E-state index contributed by atoms with van der Waals surface area (Å²) in [5, 5.41) is 7.64. The summed E-state index contributed by atoms with van der Waals surface area (Å²) in [7, 11) is 0. The van der Waals surface area contributed by atoms with Gasteiger partial charge in [-0.15, -0.1) is 11.7 Å². The number of carbonyl (C=O) groups excluding carboxylic acids is 1. The lowest BCUT2D eigenvalue weighted by Gasteiger charge is -2.15. The Morgan fingerprint density at radius 1 is 1.67 bits per heavy atom. The summed E-state index contributed by atoms with van der Waals surface area (Å²) in [6, 6.07) is 1.64. The normalized spacial score (nSPS) is 20.7. The number of anilines is 1. The van der Waals surface area contributed by atoms with Crippen LogP contribution in [0.2, 0.25) is 5.15 Å². The van der Waals surface area contributed by atoms with Crippen LogP contribution in [0.5, 0.6) is 0 Å². The van der Waals surface area contributed by atoms with Gasteiger partial charge in [-0.1, -0.05) is 17.7 Å². The van der Waals surface area contributed by atoms with Crippen LogP contribution in [0.4, 0.5) is 5.69 Å². The van der Waals surface area contributed by atoms with Gasteiger partial charge in [0.1, 0.15) is 0 Å². The largest absolute Gasteiger partial charge is 0.310 e. The molecule has 0 N–H and O–H groups in total. The zero-order chi connectivity index (χ0) is 10.8. The summed E-state index contributed by atoms with van der Waals surface area (Å²) >= 11 is 5.71. The second-order valence-corrected chi connectivity index (χ2v) is 3.83. The van der Waals surface area contributed by atoms with Gasteiger partial charge in [-0.05, 0) is 0 Å². The average Bonchev–Trinajstić information content (AvgIpc) is 2.60. The molecule has 1 aromatic heterocycles. The van der Waals surface area contributed by atoms with Crippen LogP contribution in [0.15, 0.2) is 24.9 Å². The highest BCUT2D eigenvalue weighted by Crippen LogP contribution is 2.25. The molecule has 0 bridgehead atoms. The fourth-order valence-electron chi connectivity index (χ4n) is 1.62. The van der Waals surface area contributed by atoms with E-state index in [2.05, 4.69) is 16.8 Å². The number of nitrogens with zero attached hydrogens (tertiary/aromatic N) is 3. The molecule has 1 aliphatic heterocycles. The van der Waals surface area contributed by atoms with E-state index >= 15 is 0 Å². The first-order valence-electron chi connectivity index (χ1n) is 4.62. The molecule has 0 spiro atoms. The molecule has 1 unspecified atom stereocenters. The van der Waals surface area contributed by atoms with Crippen LogP contribution in [-0.2, 0) is 4.79 Å². The summed E-state index contributed by atoms with van der Waals surface area (Å²) < 4.78 is 0. The second-order valence-electron chi connectivity index (χ2n) is 3.44. The first kappa shape index (κ1) is 10.1. The predicted octanol–water partition coefficient (Wildman–Crippen LogP) is 1.67. The highest BCUT2D eigenvalue weighted by Gasteiger charge is 2.28. The molecule has 0 aromatic carbocycles. The minimum Gasteiger partial charge on any atom is -0.310 e. The van der Waals surface area contributed by atoms with Gasteiger partial charge in [-0.3, -0.25) is 4.79 Å². The summed E-state index contributed by atoms with van der Waals surface area (Å²) in [5.74, 6) is 0.286. The third kappa shape index (κ3) is 1.99. The molecule has 4 nitrogen and oxygen atoms in total. The molecule has 78 valence electrons. The standard InChI is InChI=1S/C10H10ClN3O/c1-2-7-3-10(15)14(6-7)8-4-9(11)13-12-5-8/h2,4-5,7H,1,3,6H2. The zero-order valence-electron chi connectivity index (χ0n) is 8.06. The van der Waals surface area contributed by atoms with Gasteiger partial charge in [0, 0.05) is 24.9 Å². The molecule has 0 saturated carbocycles. The van der Waals surface area contributed by atoms with E-state index in [-0.39, 0.29) is 11.8 Å². The van der Waals surface area contributed by atoms with Crippen LogP contribution in [0.3, 0.4) is 0 Å². The molecule has 1 aromatic rings. The Morgan fingerprint density at radius 3 is 3.07 bits per heavy atom. The van der Waals surface area contributed by atoms with E-state index in [0.29, 0.717) is 23.8 Å². The molecule has 2 heterocycles. The highest BCUT2D eigenvalue weighted by atomic mass is 35.5. The Labute approximate surface area is 92.6 Å². The fraction of sp³-hybridized carbons (Fsp3) is 0.300. The first-order valence-corrected chi connectivity index (χ1v) is 4.99. The van der Waals surface area contributed by atoms with E-state index in [1.54, 1.807) is 17.0 Å². The summed E-state index contributed by atoms with van der Waals surface area (Å²) in [5.41, 5.74) is 0.698. The van der Waals surface area contributed by atoms with Gasteiger partial charge in [0.2, 0.25) is 5.91 Å². The second kappa shape index (κ2) is 3.98. The van der Waals surface area contributed by atoms with Gasteiger partial charge < -0.3 is 4.90 Å². The van der Waals surface area contributed by atoms with Crippen molar-refractivity contribution >= 4 is 23.2 Å². The van der Waals surface area contributed by atoms with E-state index in [1.165, 1.54) is 6.20 Å². The third-order valence-electron chi connectivity index (χ3n) is 2.41. The van der Waals surface area contributed by atoms with Crippen LogP contribution < -0.4 is 4.90 Å². The van der Waals surface area contributed by atoms with E-state index in [0.717, 1.165) is 0 Å². The van der Waals surface area contributed by atoms with Crippen molar-refractivity contribution in [1.82, 2.24) is 10.2 Å². The quantitative estimate of drug-likeness (QED) is 0.717. The van der Waals surface area contributed by atoms with Gasteiger partial charge in [-0.2, -0.15) is 5.10 Å². The van der Waals surface area contributed by atoms with E-state index in [1.807, 2.05) is 0 Å². The SMILES string of the molecule is C=CC1CC(=O)N(c2cnnc(Cl)c2)C1. The summed E-state index contributed by atoms with van der Waals surface area (Å²) in [6.45, 7) is 4.33. The van der Waals surface area contributed by atoms with Crippen molar-refractivity contribution in [2.24, 2.45) is 5.92 Å². The Hall–Kier alpha value is -1.42. The average molecular weight is 224 g/mol. The number of amides is 1. The highest BCUT2D eigenvalue weighted by molar-refractivity contribution is 6.29. The van der Waals surface area contributed by atoms with Crippen molar-refractivity contribution in [1.29, 1.82) is 0 Å². The monoisotopic (exact) mass is 223 g/mol. The number of aromatic nitrogens is 2. The maximum Gasteiger partial charge on any atom is 0.227 e. The van der Waals surface area contributed by atoms with Crippen LogP contribution >= 0.6 is 11.6 Å². The number of hydrogen-bond donors (Lipinski definition) is 0. The molecule has 1 atom stereocenters. The number of carbonyl (C=O) groups is 1. The maximum atomic E-state index is 11.6. The summed E-state index contributed by atoms with van der Waals surface area (Å²) in [6.07, 6.45) is 3.84. The molecule has 1 aliphatic rings. The minimum absolute atomic E-state index is 0.0731. The molecular weight excluding hydrogens is 214 g/mol. The Bertz CT molecular complexity index is 407. The van der Waals surface area contributed by atoms with Gasteiger partial charge in [0.05, 0.1) is 11.9 Å². The number of hydrogen-bond acceptors (Lipinski definition) is 3. The van der Waals surface area contributed by atoms with E-state index in [9.17, 15) is 4.79 Å². The Morgan fingerprint density at radius 2 is 2.47 bits per heavy atom. The molecule has 2 rings (SSSR count). The van der Waals surface area contributed by atoms with Crippen molar-refractivity contribution in [2.75, 3.05) is 11.4 Å². The minimum atomic E-state index is 0.0731. The summed E-state index contributed by atoms with van der Waals surface area (Å²) in [4.78, 5) is 13.3. The van der Waals surface area contributed by atoms with Gasteiger partial charge in [0.15, 0.2) is 5.15 Å². The van der Waals surface area contributed by atoms with Crippen LogP contribution in [0.1, 0.15) is 6.42 Å². The Kier molecular flexibility index (Phi) is 2.68. The van der Waals surface area contributed by atoms with Gasteiger partial charge in [0.25, 0.3) is 0 Å². The molecule has 0 radical (unpaired) electrons. The fourth-order valence-corrected chi connectivity index (χ4v) is 1.78. The first-order chi connectivity index (χ1) is 7.20. The van der Waals surface area contributed by atoms with Gasteiger partial charge >= 0.3 is 0 Å². The third-order valence-corrected chi connectivity index (χ3v) is 2.59. The van der Waals surface area contributed by atoms with E-state index in [4.69, 9.17) is 11.6 Å². The predicted molar refractivity (Wildman–Crippen MR) is 57.7 cm³/mol. The van der Waals surface area contributed by atoms with Crippen molar-refractivity contribution in [3.63, 3.8) is 0 Å². The lowest BCUT2D eigenvalue weighted by Crippen LogP contribution is -2.24. The lowest BCUT2D eigenvalue weighted by atomic mass is 10.1. The number of halogens is 1. The molecule has 0 aliphatic carbocycles. The smallest absolute Gasteiger partial charge is 0.227 e. The van der Waals surface area contributed by atoms with Crippen molar-refractivity contribution in [3.05, 3.63) is 30.1 Å². The van der Waals surface area contributed by atoms with Gasteiger partial charge in [-0.25, -0.2) is 0 Å². The number of rotatable bonds is 2. The zero-order valence-corrected chi connectivity index (χ0v) is 8.81. The molecule has 1 amide bonds. The molecule has 15 heavy (non-hydrogen) atoms. The van der Waals surface area contributed by atoms with Crippen molar-refractivity contribution in [3.8, 4) is 0 Å². The van der Waals surface area contributed by atoms with Crippen LogP contribution in [-0.4, -0.2) is 22.6 Å². The van der Waals surface area contributed by atoms with Crippen LogP contribution in [0, 0.1) is 5.92 Å². The topological polar surface area (TPSA) is 46.1 Å². The molecular formula is C10H10ClN3O. The van der Waals surface area contributed by atoms with Crippen LogP contribution in [0.25, 0.3) is 0 Å². The molecule has 1 saturated heterocycles. The van der Waals surface area contributed by atoms with E-state index < -0.39 is 0 Å².